The summed E-state index contributed by atoms with van der Waals surface area (Å²) in [5, 5.41) is 30.9. The van der Waals surface area contributed by atoms with Crippen LogP contribution >= 0.6 is 0 Å². The van der Waals surface area contributed by atoms with Crippen molar-refractivity contribution >= 4 is 16.4 Å². The van der Waals surface area contributed by atoms with Crippen molar-refractivity contribution in [1.29, 1.82) is 0 Å². The van der Waals surface area contributed by atoms with Gasteiger partial charge in [0.2, 0.25) is 0 Å². The minimum Gasteiger partial charge on any atom is -0.457 e. The van der Waals surface area contributed by atoms with Gasteiger partial charge in [0.1, 0.15) is 30.5 Å². The van der Waals surface area contributed by atoms with E-state index in [0.29, 0.717) is 13.0 Å². The number of rotatable bonds is 51. The van der Waals surface area contributed by atoms with Gasteiger partial charge >= 0.3 is 16.4 Å². The molecule has 0 spiro atoms. The van der Waals surface area contributed by atoms with Gasteiger partial charge in [0, 0.05) is 13.0 Å². The number of aliphatic hydroxyl groups is 3. The zero-order chi connectivity index (χ0) is 53.8. The molecule has 428 valence electrons. The van der Waals surface area contributed by atoms with Crippen LogP contribution in [0.2, 0.25) is 0 Å². The second kappa shape index (κ2) is 51.1. The van der Waals surface area contributed by atoms with Crippen molar-refractivity contribution in [3.8, 4) is 0 Å². The van der Waals surface area contributed by atoms with Crippen molar-refractivity contribution in [2.24, 2.45) is 0 Å². The summed E-state index contributed by atoms with van der Waals surface area (Å²) in [6.07, 6.45) is 60.4. The fourth-order valence-corrected chi connectivity index (χ4v) is 9.12. The first kappa shape index (κ1) is 69.3. The number of carbonyl (C=O) groups excluding carboxylic acids is 1. The van der Waals surface area contributed by atoms with E-state index in [1.807, 2.05) is 0 Å². The maximum Gasteiger partial charge on any atom is 0.397 e. The van der Waals surface area contributed by atoms with E-state index in [1.165, 1.54) is 109 Å². The van der Waals surface area contributed by atoms with E-state index < -0.39 is 59.8 Å². The zero-order valence-corrected chi connectivity index (χ0v) is 47.2. The Morgan fingerprint density at radius 3 is 1.36 bits per heavy atom. The molecule has 0 bridgehead atoms. The normalized spacial score (nSPS) is 19.4. The second-order valence-electron chi connectivity index (χ2n) is 19.8. The van der Waals surface area contributed by atoms with Crippen molar-refractivity contribution in [3.05, 3.63) is 85.1 Å². The Hall–Kier alpha value is -2.72. The molecule has 0 amide bonds. The number of ether oxygens (including phenoxy) is 4. The molecule has 0 aromatic carbocycles. The van der Waals surface area contributed by atoms with E-state index in [4.69, 9.17) is 18.9 Å². The molecule has 1 rings (SSSR count). The molecule has 0 radical (unpaired) electrons. The number of unbranched alkanes of at least 4 members (excludes halogenated alkanes) is 24. The van der Waals surface area contributed by atoms with Crippen molar-refractivity contribution in [3.63, 3.8) is 0 Å². The van der Waals surface area contributed by atoms with Crippen molar-refractivity contribution in [1.82, 2.24) is 0 Å². The maximum absolute atomic E-state index is 13.0. The first-order valence-electron chi connectivity index (χ1n) is 29.3. The highest BCUT2D eigenvalue weighted by Gasteiger charge is 2.48. The van der Waals surface area contributed by atoms with Crippen LogP contribution in [0.25, 0.3) is 0 Å². The van der Waals surface area contributed by atoms with Crippen LogP contribution in [0.1, 0.15) is 232 Å². The van der Waals surface area contributed by atoms with Gasteiger partial charge in [-0.15, -0.1) is 0 Å². The smallest absolute Gasteiger partial charge is 0.397 e. The Balaban J connectivity index is 2.31. The van der Waals surface area contributed by atoms with Crippen LogP contribution in [0.15, 0.2) is 85.1 Å². The summed E-state index contributed by atoms with van der Waals surface area (Å²) in [4.78, 5) is 13.0. The Kier molecular flexibility index (Phi) is 47.8. The number of carbonyl (C=O) groups is 1. The Morgan fingerprint density at radius 2 is 0.932 bits per heavy atom. The molecule has 0 saturated carbocycles. The first-order valence-corrected chi connectivity index (χ1v) is 30.7. The van der Waals surface area contributed by atoms with E-state index in [2.05, 4.69) is 103 Å². The quantitative estimate of drug-likeness (QED) is 0.0196. The average molecular weight is 1060 g/mol. The Bertz CT molecular complexity index is 1600. The SMILES string of the molecule is CC/C=C\C/C=C\C/C=C\C/C=C\CCCCCCCCCCCCCCC(=O)OC(COCCCCCCCCC/C=C\C/C=C\C/C=C\CCCCCCC)COC1OC(CO)C(O)C(OS(=O)(=O)O)C1O. The number of hydrogen-bond donors (Lipinski definition) is 4. The third kappa shape index (κ3) is 43.4. The standard InChI is InChI=1S/C61H106O12S/c1-3-5-7-9-11-13-15-17-19-21-23-25-27-28-29-30-32-34-36-38-40-42-44-46-48-50-57(63)71-55(54-70-61-59(65)60(73-74(66,67)68)58(64)56(52-62)72-61)53-69-51-49-47-45-43-41-39-37-35-33-31-26-24-22-20-18-16-14-12-10-8-6-4-2/h5,7,11,13,16-19,22-25,31,33,55-56,58-62,64-65H,3-4,6,8-10,12,14-15,20-21,26-30,32,34-54H2,1-2H3,(H,66,67,68)/b7-5-,13-11-,18-16-,19-17-,24-22-,25-23-,33-31-. The summed E-state index contributed by atoms with van der Waals surface area (Å²) in [6.45, 7) is 3.86. The largest absolute Gasteiger partial charge is 0.457 e. The lowest BCUT2D eigenvalue weighted by atomic mass is 9.99. The van der Waals surface area contributed by atoms with Crippen LogP contribution in [-0.2, 0) is 38.3 Å². The van der Waals surface area contributed by atoms with Gasteiger partial charge in [0.25, 0.3) is 0 Å². The predicted molar refractivity (Wildman–Crippen MR) is 303 cm³/mol. The van der Waals surface area contributed by atoms with Crippen LogP contribution in [0.5, 0.6) is 0 Å². The molecule has 6 unspecified atom stereocenters. The van der Waals surface area contributed by atoms with Crippen molar-refractivity contribution in [2.75, 3.05) is 26.4 Å². The lowest BCUT2D eigenvalue weighted by Crippen LogP contribution is -2.60. The van der Waals surface area contributed by atoms with Gasteiger partial charge in [-0.1, -0.05) is 221 Å². The fourth-order valence-electron chi connectivity index (χ4n) is 8.61. The monoisotopic (exact) mass is 1060 g/mol. The molecule has 1 saturated heterocycles. The van der Waals surface area contributed by atoms with E-state index in [-0.39, 0.29) is 19.6 Å². The molecule has 6 atom stereocenters. The molecule has 74 heavy (non-hydrogen) atoms. The van der Waals surface area contributed by atoms with Gasteiger partial charge in [-0.25, -0.2) is 4.18 Å². The highest BCUT2D eigenvalue weighted by atomic mass is 32.3. The topological polar surface area (TPSA) is 178 Å². The molecule has 1 aliphatic heterocycles. The third-order valence-corrected chi connectivity index (χ3v) is 13.5. The molecular weight excluding hydrogens is 957 g/mol. The van der Waals surface area contributed by atoms with E-state index >= 15 is 0 Å². The number of allylic oxidation sites excluding steroid dienone is 14. The molecule has 12 nitrogen and oxygen atoms in total. The van der Waals surface area contributed by atoms with Crippen LogP contribution in [0.3, 0.4) is 0 Å². The second-order valence-corrected chi connectivity index (χ2v) is 20.9. The predicted octanol–water partition coefficient (Wildman–Crippen LogP) is 14.8. The lowest BCUT2D eigenvalue weighted by molar-refractivity contribution is -0.301. The summed E-state index contributed by atoms with van der Waals surface area (Å²) >= 11 is 0. The number of esters is 1. The van der Waals surface area contributed by atoms with Crippen molar-refractivity contribution < 1.29 is 56.2 Å². The molecule has 13 heteroatoms. The van der Waals surface area contributed by atoms with Crippen LogP contribution in [0, 0.1) is 0 Å². The van der Waals surface area contributed by atoms with Crippen LogP contribution in [-0.4, -0.2) is 97.5 Å². The van der Waals surface area contributed by atoms with Gasteiger partial charge in [0.15, 0.2) is 6.29 Å². The fraction of sp³-hybridized carbons (Fsp3) is 0.754. The molecular formula is C61H106O12S. The van der Waals surface area contributed by atoms with Gasteiger partial charge in [-0.05, 0) is 89.9 Å². The summed E-state index contributed by atoms with van der Waals surface area (Å²) in [6, 6.07) is 0. The summed E-state index contributed by atoms with van der Waals surface area (Å²) < 4.78 is 59.5. The van der Waals surface area contributed by atoms with Crippen LogP contribution in [0.4, 0.5) is 0 Å². The van der Waals surface area contributed by atoms with E-state index in [1.54, 1.807) is 0 Å². The maximum atomic E-state index is 13.0. The highest BCUT2D eigenvalue weighted by Crippen LogP contribution is 2.26. The summed E-state index contributed by atoms with van der Waals surface area (Å²) in [5.41, 5.74) is 0. The van der Waals surface area contributed by atoms with Gasteiger partial charge in [0.05, 0.1) is 19.8 Å². The Labute approximate surface area is 451 Å². The third-order valence-electron chi connectivity index (χ3n) is 13.0. The minimum absolute atomic E-state index is 0.0250. The van der Waals surface area contributed by atoms with Crippen molar-refractivity contribution in [2.45, 2.75) is 269 Å². The molecule has 0 aliphatic carbocycles. The zero-order valence-electron chi connectivity index (χ0n) is 46.4. The highest BCUT2D eigenvalue weighted by molar-refractivity contribution is 7.80. The molecule has 1 aliphatic rings. The minimum atomic E-state index is -5.07. The van der Waals surface area contributed by atoms with E-state index in [9.17, 15) is 33.1 Å². The average Bonchev–Trinajstić information content (AvgIpc) is 3.38. The lowest BCUT2D eigenvalue weighted by Gasteiger charge is -2.41. The van der Waals surface area contributed by atoms with Crippen LogP contribution < -0.4 is 0 Å². The summed E-state index contributed by atoms with van der Waals surface area (Å²) in [7, 11) is -5.07. The van der Waals surface area contributed by atoms with E-state index in [0.717, 1.165) is 96.3 Å². The molecule has 1 heterocycles. The molecule has 1 fully saturated rings. The van der Waals surface area contributed by atoms with Gasteiger partial charge in [-0.3, -0.25) is 9.35 Å². The van der Waals surface area contributed by atoms with Gasteiger partial charge in [-0.2, -0.15) is 8.42 Å². The number of aliphatic hydroxyl groups excluding tert-OH is 3. The van der Waals surface area contributed by atoms with Gasteiger partial charge < -0.3 is 34.3 Å². The molecule has 0 aromatic rings. The number of hydrogen-bond acceptors (Lipinski definition) is 11. The molecule has 4 N–H and O–H groups in total. The Morgan fingerprint density at radius 1 is 0.527 bits per heavy atom. The summed E-state index contributed by atoms with van der Waals surface area (Å²) in [5.74, 6) is -0.406. The first-order chi connectivity index (χ1) is 36.1. The molecule has 0 aromatic heterocycles.